The number of rotatable bonds is 1. The highest BCUT2D eigenvalue weighted by atomic mass is 16.1. The zero-order valence-electron chi connectivity index (χ0n) is 6.64. The number of terminal acetylenes is 1. The Morgan fingerprint density at radius 2 is 2.00 bits per heavy atom. The van der Waals surface area contributed by atoms with Crippen molar-refractivity contribution in [3.8, 4) is 12.3 Å². The molecule has 0 fully saturated rings. The standard InChI is InChI=1S/C8H13NO/c1-5-6(7(9)10)8(2,3)4/h1,6H,2-4H3,(H2,9,10)/t6-/m0/s1. The predicted octanol–water partition coefficient (Wildman–Crippen LogP) is 0.767. The van der Waals surface area contributed by atoms with Crippen LogP contribution in [0.15, 0.2) is 0 Å². The second-order valence-corrected chi connectivity index (χ2v) is 3.37. The summed E-state index contributed by atoms with van der Waals surface area (Å²) in [5.74, 6) is 1.48. The first-order chi connectivity index (χ1) is 4.39. The molecule has 0 spiro atoms. The number of amides is 1. The molecule has 2 nitrogen and oxygen atoms in total. The van der Waals surface area contributed by atoms with Gasteiger partial charge in [-0.2, -0.15) is 0 Å². The molecule has 0 saturated carbocycles. The van der Waals surface area contributed by atoms with Crippen molar-refractivity contribution in [2.24, 2.45) is 17.1 Å². The summed E-state index contributed by atoms with van der Waals surface area (Å²) in [5, 5.41) is 0. The summed E-state index contributed by atoms with van der Waals surface area (Å²) in [6.07, 6.45) is 5.11. The van der Waals surface area contributed by atoms with Crippen molar-refractivity contribution in [2.45, 2.75) is 20.8 Å². The highest BCUT2D eigenvalue weighted by Gasteiger charge is 2.27. The Kier molecular flexibility index (Phi) is 2.48. The molecular weight excluding hydrogens is 126 g/mol. The first-order valence-electron chi connectivity index (χ1n) is 3.15. The van der Waals surface area contributed by atoms with Gasteiger partial charge in [-0.15, -0.1) is 6.42 Å². The van der Waals surface area contributed by atoms with Crippen molar-refractivity contribution in [1.29, 1.82) is 0 Å². The lowest BCUT2D eigenvalue weighted by molar-refractivity contribution is -0.122. The zero-order chi connectivity index (χ0) is 8.36. The second kappa shape index (κ2) is 2.74. The lowest BCUT2D eigenvalue weighted by Gasteiger charge is -2.22. The molecule has 0 unspecified atom stereocenters. The van der Waals surface area contributed by atoms with Crippen molar-refractivity contribution in [2.75, 3.05) is 0 Å². The molecular formula is C8H13NO. The minimum Gasteiger partial charge on any atom is -0.369 e. The fraction of sp³-hybridized carbons (Fsp3) is 0.625. The summed E-state index contributed by atoms with van der Waals surface area (Å²) < 4.78 is 0. The van der Waals surface area contributed by atoms with E-state index in [2.05, 4.69) is 5.92 Å². The molecule has 0 aliphatic rings. The maximum absolute atomic E-state index is 10.7. The third-order valence-electron chi connectivity index (χ3n) is 1.32. The van der Waals surface area contributed by atoms with Gasteiger partial charge in [-0.1, -0.05) is 26.7 Å². The van der Waals surface area contributed by atoms with E-state index in [9.17, 15) is 4.79 Å². The quantitative estimate of drug-likeness (QED) is 0.536. The Labute approximate surface area is 61.8 Å². The molecule has 2 heteroatoms. The van der Waals surface area contributed by atoms with E-state index in [1.807, 2.05) is 20.8 Å². The number of primary amides is 1. The molecule has 1 amide bonds. The number of carbonyl (C=O) groups excluding carboxylic acids is 1. The van der Waals surface area contributed by atoms with Crippen LogP contribution in [0.2, 0.25) is 0 Å². The normalized spacial score (nSPS) is 13.8. The number of hydrogen-bond donors (Lipinski definition) is 1. The molecule has 2 N–H and O–H groups in total. The van der Waals surface area contributed by atoms with Crippen molar-refractivity contribution in [3.63, 3.8) is 0 Å². The van der Waals surface area contributed by atoms with Crippen LogP contribution < -0.4 is 5.73 Å². The van der Waals surface area contributed by atoms with Crippen LogP contribution in [0.4, 0.5) is 0 Å². The smallest absolute Gasteiger partial charge is 0.233 e. The van der Waals surface area contributed by atoms with Crippen LogP contribution in [0.1, 0.15) is 20.8 Å². The van der Waals surface area contributed by atoms with Gasteiger partial charge in [0.05, 0.1) is 0 Å². The molecule has 0 saturated heterocycles. The molecule has 0 aliphatic carbocycles. The van der Waals surface area contributed by atoms with Gasteiger partial charge in [0.15, 0.2) is 0 Å². The zero-order valence-corrected chi connectivity index (χ0v) is 6.64. The molecule has 0 radical (unpaired) electrons. The van der Waals surface area contributed by atoms with Crippen LogP contribution >= 0.6 is 0 Å². The molecule has 10 heavy (non-hydrogen) atoms. The summed E-state index contributed by atoms with van der Waals surface area (Å²) in [4.78, 5) is 10.7. The molecule has 0 aromatic heterocycles. The van der Waals surface area contributed by atoms with Crippen LogP contribution in [0.3, 0.4) is 0 Å². The molecule has 1 atom stereocenters. The Hall–Kier alpha value is -0.970. The fourth-order valence-corrected chi connectivity index (χ4v) is 0.759. The van der Waals surface area contributed by atoms with Crippen LogP contribution in [0, 0.1) is 23.7 Å². The fourth-order valence-electron chi connectivity index (χ4n) is 0.759. The third kappa shape index (κ3) is 2.10. The summed E-state index contributed by atoms with van der Waals surface area (Å²) >= 11 is 0. The van der Waals surface area contributed by atoms with E-state index in [0.29, 0.717) is 0 Å². The van der Waals surface area contributed by atoms with Crippen LogP contribution in [0.25, 0.3) is 0 Å². The van der Waals surface area contributed by atoms with Gasteiger partial charge in [-0.05, 0) is 5.41 Å². The maximum Gasteiger partial charge on any atom is 0.233 e. The first kappa shape index (κ1) is 9.03. The number of hydrogen-bond acceptors (Lipinski definition) is 1. The highest BCUT2D eigenvalue weighted by molar-refractivity contribution is 5.80. The van der Waals surface area contributed by atoms with Gasteiger partial charge < -0.3 is 5.73 Å². The van der Waals surface area contributed by atoms with Crippen LogP contribution in [-0.2, 0) is 4.79 Å². The molecule has 0 aromatic rings. The topological polar surface area (TPSA) is 43.1 Å². The lowest BCUT2D eigenvalue weighted by Crippen LogP contribution is -2.32. The van der Waals surface area contributed by atoms with E-state index in [4.69, 9.17) is 12.2 Å². The second-order valence-electron chi connectivity index (χ2n) is 3.37. The lowest BCUT2D eigenvalue weighted by atomic mass is 9.81. The molecule has 0 aromatic carbocycles. The van der Waals surface area contributed by atoms with Crippen LogP contribution in [0.5, 0.6) is 0 Å². The molecule has 0 bridgehead atoms. The molecule has 56 valence electrons. The summed E-state index contributed by atoms with van der Waals surface area (Å²) in [6.45, 7) is 5.67. The van der Waals surface area contributed by atoms with Gasteiger partial charge in [0.1, 0.15) is 5.92 Å². The maximum atomic E-state index is 10.7. The van der Waals surface area contributed by atoms with Crippen molar-refractivity contribution >= 4 is 5.91 Å². The highest BCUT2D eigenvalue weighted by Crippen LogP contribution is 2.24. The third-order valence-corrected chi connectivity index (χ3v) is 1.32. The van der Waals surface area contributed by atoms with E-state index in [0.717, 1.165) is 0 Å². The van der Waals surface area contributed by atoms with E-state index in [1.54, 1.807) is 0 Å². The minimum atomic E-state index is -0.465. The molecule has 0 aliphatic heterocycles. The largest absolute Gasteiger partial charge is 0.369 e. The average Bonchev–Trinajstić information content (AvgIpc) is 1.60. The predicted molar refractivity (Wildman–Crippen MR) is 41.0 cm³/mol. The van der Waals surface area contributed by atoms with E-state index < -0.39 is 11.8 Å². The van der Waals surface area contributed by atoms with Gasteiger partial charge in [-0.3, -0.25) is 4.79 Å². The van der Waals surface area contributed by atoms with Crippen molar-refractivity contribution < 1.29 is 4.79 Å². The molecule has 0 rings (SSSR count). The van der Waals surface area contributed by atoms with Crippen molar-refractivity contribution in [1.82, 2.24) is 0 Å². The Morgan fingerprint density at radius 3 is 2.00 bits per heavy atom. The molecule has 0 heterocycles. The van der Waals surface area contributed by atoms with E-state index >= 15 is 0 Å². The van der Waals surface area contributed by atoms with E-state index in [-0.39, 0.29) is 5.41 Å². The first-order valence-corrected chi connectivity index (χ1v) is 3.15. The monoisotopic (exact) mass is 139 g/mol. The average molecular weight is 139 g/mol. The minimum absolute atomic E-state index is 0.222. The Bertz CT molecular complexity index is 171. The Balaban J connectivity index is 4.42. The van der Waals surface area contributed by atoms with E-state index in [1.165, 1.54) is 0 Å². The van der Waals surface area contributed by atoms with Gasteiger partial charge in [-0.25, -0.2) is 0 Å². The summed E-state index contributed by atoms with van der Waals surface area (Å²) in [6, 6.07) is 0. The number of nitrogens with two attached hydrogens (primary N) is 1. The van der Waals surface area contributed by atoms with Gasteiger partial charge in [0.2, 0.25) is 5.91 Å². The van der Waals surface area contributed by atoms with Crippen molar-refractivity contribution in [3.05, 3.63) is 0 Å². The Morgan fingerprint density at radius 1 is 1.60 bits per heavy atom. The van der Waals surface area contributed by atoms with Gasteiger partial charge >= 0.3 is 0 Å². The summed E-state index contributed by atoms with van der Waals surface area (Å²) in [5.41, 5.74) is 4.83. The SMILES string of the molecule is C#C[C@@H](C(N)=O)C(C)(C)C. The van der Waals surface area contributed by atoms with Gasteiger partial charge in [0.25, 0.3) is 0 Å². The summed E-state index contributed by atoms with van der Waals surface area (Å²) in [7, 11) is 0. The van der Waals surface area contributed by atoms with Gasteiger partial charge in [0, 0.05) is 0 Å². The van der Waals surface area contributed by atoms with Crippen LogP contribution in [-0.4, -0.2) is 5.91 Å². The number of carbonyl (C=O) groups is 1.